The molecule has 0 radical (unpaired) electrons. The molecule has 0 bridgehead atoms. The van der Waals surface area contributed by atoms with Crippen LogP contribution < -0.4 is 5.32 Å². The van der Waals surface area contributed by atoms with Gasteiger partial charge in [-0.25, -0.2) is 4.79 Å². The third kappa shape index (κ3) is 4.66. The molecule has 1 heterocycles. The van der Waals surface area contributed by atoms with Crippen molar-refractivity contribution in [3.63, 3.8) is 0 Å². The van der Waals surface area contributed by atoms with Gasteiger partial charge < -0.3 is 15.3 Å². The van der Waals surface area contributed by atoms with Crippen LogP contribution in [0.2, 0.25) is 5.02 Å². The second-order valence-corrected chi connectivity index (χ2v) is 7.59. The number of nitrogens with one attached hydrogen (secondary N) is 1. The van der Waals surface area contributed by atoms with Crippen LogP contribution in [0.5, 0.6) is 0 Å². The fraction of sp³-hybridized carbons (Fsp3) is 0.579. The van der Waals surface area contributed by atoms with Gasteiger partial charge in [-0.1, -0.05) is 23.7 Å². The van der Waals surface area contributed by atoms with Gasteiger partial charge in [-0.3, -0.25) is 4.79 Å². The highest BCUT2D eigenvalue weighted by molar-refractivity contribution is 6.30. The molecule has 0 aromatic heterocycles. The summed E-state index contributed by atoms with van der Waals surface area (Å²) in [5.74, 6) is -0.482. The molecule has 0 atom stereocenters. The molecule has 1 aliphatic carbocycles. The summed E-state index contributed by atoms with van der Waals surface area (Å²) >= 11 is 5.94. The Bertz CT molecular complexity index is 604. The zero-order chi connectivity index (χ0) is 17.8. The highest BCUT2D eigenvalue weighted by atomic mass is 35.5. The molecular formula is C19H25ClN2O3. The quantitative estimate of drug-likeness (QED) is 0.855. The molecule has 1 aliphatic heterocycles. The van der Waals surface area contributed by atoms with Crippen molar-refractivity contribution in [2.45, 2.75) is 50.5 Å². The molecule has 3 rings (SSSR count). The first-order valence-corrected chi connectivity index (χ1v) is 9.44. The number of hydrogen-bond acceptors (Lipinski definition) is 2. The molecule has 1 aromatic rings. The summed E-state index contributed by atoms with van der Waals surface area (Å²) in [6, 6.07) is 8.09. The maximum atomic E-state index is 12.5. The minimum Gasteiger partial charge on any atom is -0.481 e. The summed E-state index contributed by atoms with van der Waals surface area (Å²) in [5, 5.41) is 12.9. The van der Waals surface area contributed by atoms with Crippen molar-refractivity contribution in [3.05, 3.63) is 34.9 Å². The Hall–Kier alpha value is -1.75. The largest absolute Gasteiger partial charge is 0.481 e. The summed E-state index contributed by atoms with van der Waals surface area (Å²) in [5.41, 5.74) is 1.29. The van der Waals surface area contributed by atoms with Gasteiger partial charge in [-0.05, 0) is 62.1 Å². The SMILES string of the molecule is O=C(O)C1CCC(NC(=O)N2CCC(c3ccc(Cl)cc3)CC2)CC1. The van der Waals surface area contributed by atoms with Crippen LogP contribution in [0, 0.1) is 5.92 Å². The lowest BCUT2D eigenvalue weighted by Crippen LogP contribution is -2.48. The number of carbonyl (C=O) groups is 2. The van der Waals surface area contributed by atoms with Crippen LogP contribution in [-0.2, 0) is 4.79 Å². The molecule has 1 saturated heterocycles. The maximum Gasteiger partial charge on any atom is 0.317 e. The van der Waals surface area contributed by atoms with Gasteiger partial charge in [0.05, 0.1) is 5.92 Å². The van der Waals surface area contributed by atoms with E-state index in [1.165, 1.54) is 5.56 Å². The van der Waals surface area contributed by atoms with Gasteiger partial charge in [0, 0.05) is 24.2 Å². The van der Waals surface area contributed by atoms with Crippen LogP contribution in [0.3, 0.4) is 0 Å². The predicted molar refractivity (Wildman–Crippen MR) is 96.9 cm³/mol. The average Bonchev–Trinajstić information content (AvgIpc) is 2.63. The lowest BCUT2D eigenvalue weighted by molar-refractivity contribution is -0.142. The molecule has 136 valence electrons. The number of urea groups is 1. The number of rotatable bonds is 3. The Morgan fingerprint density at radius 1 is 1.00 bits per heavy atom. The number of aliphatic carboxylic acids is 1. The monoisotopic (exact) mass is 364 g/mol. The lowest BCUT2D eigenvalue weighted by atomic mass is 9.86. The van der Waals surface area contributed by atoms with E-state index in [1.54, 1.807) is 0 Å². The standard InChI is InChI=1S/C19H25ClN2O3/c20-16-5-1-13(2-6-16)14-9-11-22(12-10-14)19(25)21-17-7-3-15(4-8-17)18(23)24/h1-2,5-6,14-15,17H,3-4,7-12H2,(H,21,25)(H,23,24). The number of likely N-dealkylation sites (tertiary alicyclic amines) is 1. The van der Waals surface area contributed by atoms with E-state index in [2.05, 4.69) is 17.4 Å². The van der Waals surface area contributed by atoms with E-state index in [0.717, 1.165) is 43.8 Å². The topological polar surface area (TPSA) is 69.6 Å². The van der Waals surface area contributed by atoms with Crippen LogP contribution in [-0.4, -0.2) is 41.1 Å². The van der Waals surface area contributed by atoms with Crippen molar-refractivity contribution >= 4 is 23.6 Å². The number of halogens is 1. The van der Waals surface area contributed by atoms with Gasteiger partial charge >= 0.3 is 12.0 Å². The third-order valence-electron chi connectivity index (χ3n) is 5.53. The summed E-state index contributed by atoms with van der Waals surface area (Å²) in [7, 11) is 0. The number of carboxylic acid groups (broad SMARTS) is 1. The molecule has 1 saturated carbocycles. The Morgan fingerprint density at radius 3 is 2.16 bits per heavy atom. The maximum absolute atomic E-state index is 12.5. The summed E-state index contributed by atoms with van der Waals surface area (Å²) < 4.78 is 0. The molecule has 2 aliphatic rings. The lowest BCUT2D eigenvalue weighted by Gasteiger charge is -2.34. The van der Waals surface area contributed by atoms with Crippen LogP contribution in [0.4, 0.5) is 4.79 Å². The molecule has 2 fully saturated rings. The van der Waals surface area contributed by atoms with E-state index in [9.17, 15) is 9.59 Å². The Labute approximate surface area is 153 Å². The Morgan fingerprint density at radius 2 is 1.60 bits per heavy atom. The molecule has 2 amide bonds. The summed E-state index contributed by atoms with van der Waals surface area (Å²) in [6.07, 6.45) is 4.73. The Kier molecular flexibility index (Phi) is 5.84. The third-order valence-corrected chi connectivity index (χ3v) is 5.78. The van der Waals surface area contributed by atoms with E-state index < -0.39 is 5.97 Å². The molecule has 0 unspecified atom stereocenters. The van der Waals surface area contributed by atoms with E-state index in [-0.39, 0.29) is 18.0 Å². The number of amides is 2. The van der Waals surface area contributed by atoms with Gasteiger partial charge in [0.15, 0.2) is 0 Å². The normalized spacial score (nSPS) is 24.8. The first kappa shape index (κ1) is 18.1. The van der Waals surface area contributed by atoms with Gasteiger partial charge in [-0.2, -0.15) is 0 Å². The second kappa shape index (κ2) is 8.09. The minimum atomic E-state index is -0.714. The van der Waals surface area contributed by atoms with Crippen molar-refractivity contribution in [1.82, 2.24) is 10.2 Å². The first-order chi connectivity index (χ1) is 12.0. The van der Waals surface area contributed by atoms with E-state index >= 15 is 0 Å². The minimum absolute atomic E-state index is 0.00617. The van der Waals surface area contributed by atoms with Crippen molar-refractivity contribution in [2.24, 2.45) is 5.92 Å². The number of carbonyl (C=O) groups excluding carboxylic acids is 1. The number of hydrogen-bond donors (Lipinski definition) is 2. The average molecular weight is 365 g/mol. The molecular weight excluding hydrogens is 340 g/mol. The summed E-state index contributed by atoms with van der Waals surface area (Å²) in [6.45, 7) is 1.51. The van der Waals surface area contributed by atoms with Crippen LogP contribution in [0.1, 0.15) is 50.0 Å². The van der Waals surface area contributed by atoms with Crippen molar-refractivity contribution in [1.29, 1.82) is 0 Å². The zero-order valence-corrected chi connectivity index (χ0v) is 15.0. The van der Waals surface area contributed by atoms with Crippen molar-refractivity contribution < 1.29 is 14.7 Å². The second-order valence-electron chi connectivity index (χ2n) is 7.15. The predicted octanol–water partition coefficient (Wildman–Crippen LogP) is 3.87. The van der Waals surface area contributed by atoms with Gasteiger partial charge in [0.1, 0.15) is 0 Å². The Balaban J connectivity index is 1.44. The molecule has 6 heteroatoms. The molecule has 0 spiro atoms. The van der Waals surface area contributed by atoms with Crippen LogP contribution >= 0.6 is 11.6 Å². The fourth-order valence-electron chi connectivity index (χ4n) is 3.90. The van der Waals surface area contributed by atoms with E-state index in [1.807, 2.05) is 17.0 Å². The van der Waals surface area contributed by atoms with E-state index in [0.29, 0.717) is 18.8 Å². The summed E-state index contributed by atoms with van der Waals surface area (Å²) in [4.78, 5) is 25.3. The number of nitrogens with zero attached hydrogens (tertiary/aromatic N) is 1. The molecule has 2 N–H and O–H groups in total. The van der Waals surface area contributed by atoms with Crippen LogP contribution in [0.25, 0.3) is 0 Å². The number of piperidine rings is 1. The molecule has 25 heavy (non-hydrogen) atoms. The van der Waals surface area contributed by atoms with E-state index in [4.69, 9.17) is 16.7 Å². The molecule has 5 nitrogen and oxygen atoms in total. The van der Waals surface area contributed by atoms with Crippen molar-refractivity contribution in [3.8, 4) is 0 Å². The van der Waals surface area contributed by atoms with Crippen molar-refractivity contribution in [2.75, 3.05) is 13.1 Å². The zero-order valence-electron chi connectivity index (χ0n) is 14.3. The highest BCUT2D eigenvalue weighted by Gasteiger charge is 2.29. The van der Waals surface area contributed by atoms with Crippen LogP contribution in [0.15, 0.2) is 24.3 Å². The number of carboxylic acids is 1. The molecule has 1 aromatic carbocycles. The van der Waals surface area contributed by atoms with Gasteiger partial charge in [0.25, 0.3) is 0 Å². The smallest absolute Gasteiger partial charge is 0.317 e. The first-order valence-electron chi connectivity index (χ1n) is 9.06. The highest BCUT2D eigenvalue weighted by Crippen LogP contribution is 2.29. The fourth-order valence-corrected chi connectivity index (χ4v) is 4.03. The van der Waals surface area contributed by atoms with Gasteiger partial charge in [0.2, 0.25) is 0 Å². The van der Waals surface area contributed by atoms with Gasteiger partial charge in [-0.15, -0.1) is 0 Å². The number of benzene rings is 1.